The minimum atomic E-state index is -1.22. The summed E-state index contributed by atoms with van der Waals surface area (Å²) in [4.78, 5) is 4.30. The van der Waals surface area contributed by atoms with Crippen molar-refractivity contribution in [3.63, 3.8) is 0 Å². The van der Waals surface area contributed by atoms with Crippen molar-refractivity contribution in [1.82, 2.24) is 4.98 Å². The van der Waals surface area contributed by atoms with Crippen LogP contribution in [0.15, 0.2) is 59.3 Å². The number of benzene rings is 1. The van der Waals surface area contributed by atoms with Gasteiger partial charge in [0.1, 0.15) is 22.9 Å². The number of rotatable bonds is 1. The first-order chi connectivity index (χ1) is 17.7. The molecule has 1 aromatic carbocycles. The van der Waals surface area contributed by atoms with Crippen LogP contribution in [0.3, 0.4) is 0 Å². The molecule has 0 spiro atoms. The standard InChI is InChI=1S/C32H33F2NO2/c1-19-28(33)16-21(17-29(19)34)26-18-31(2)27(11-13-32(31,37)12-10-22-5-3-4-14-35-22)25-8-6-20-15-23(36)7-9-24(20)30(25)26/h3-5,14-17,23,25-27,36-37H,6-9,11,13,18H2,1-2H3/t23?,25-,26+,27-,31-,32-/m0/s1. The van der Waals surface area contributed by atoms with Crippen molar-refractivity contribution in [3.8, 4) is 11.8 Å². The third-order valence-electron chi connectivity index (χ3n) is 9.78. The van der Waals surface area contributed by atoms with Crippen LogP contribution in [0.1, 0.15) is 74.6 Å². The van der Waals surface area contributed by atoms with Crippen LogP contribution in [0.5, 0.6) is 0 Å². The Labute approximate surface area is 217 Å². The van der Waals surface area contributed by atoms with E-state index < -0.39 is 28.8 Å². The molecule has 2 fully saturated rings. The Morgan fingerprint density at radius 3 is 2.59 bits per heavy atom. The maximum atomic E-state index is 14.8. The number of fused-ring (bicyclic) bond motifs is 4. The molecule has 2 N–H and O–H groups in total. The first kappa shape index (κ1) is 24.5. The van der Waals surface area contributed by atoms with E-state index in [-0.39, 0.29) is 23.3 Å². The zero-order chi connectivity index (χ0) is 25.9. The van der Waals surface area contributed by atoms with Gasteiger partial charge in [-0.3, -0.25) is 0 Å². The van der Waals surface area contributed by atoms with E-state index in [1.165, 1.54) is 35.8 Å². The zero-order valence-corrected chi connectivity index (χ0v) is 21.4. The second kappa shape index (κ2) is 8.89. The third kappa shape index (κ3) is 3.88. The Bertz CT molecular complexity index is 1350. The van der Waals surface area contributed by atoms with Crippen molar-refractivity contribution in [2.45, 2.75) is 76.4 Å². The van der Waals surface area contributed by atoms with Gasteiger partial charge in [0.05, 0.1) is 6.10 Å². The van der Waals surface area contributed by atoms with Crippen LogP contribution in [0, 0.1) is 47.6 Å². The Hall–Kier alpha value is -2.81. The van der Waals surface area contributed by atoms with Gasteiger partial charge in [0.2, 0.25) is 0 Å². The summed E-state index contributed by atoms with van der Waals surface area (Å²) in [5.74, 6) is 5.47. The molecule has 0 aliphatic heterocycles. The third-order valence-corrected chi connectivity index (χ3v) is 9.78. The molecule has 0 amide bonds. The maximum Gasteiger partial charge on any atom is 0.131 e. The van der Waals surface area contributed by atoms with E-state index >= 15 is 0 Å². The lowest BCUT2D eigenvalue weighted by atomic mass is 9.51. The highest BCUT2D eigenvalue weighted by Crippen LogP contribution is 2.66. The van der Waals surface area contributed by atoms with Crippen LogP contribution in [-0.4, -0.2) is 26.9 Å². The molecule has 6 atom stereocenters. The van der Waals surface area contributed by atoms with E-state index in [1.54, 1.807) is 6.20 Å². The first-order valence-corrected chi connectivity index (χ1v) is 13.4. The first-order valence-electron chi connectivity index (χ1n) is 13.4. The fourth-order valence-corrected chi connectivity index (χ4v) is 7.76. The van der Waals surface area contributed by atoms with Crippen molar-refractivity contribution in [2.24, 2.45) is 17.3 Å². The summed E-state index contributed by atoms with van der Waals surface area (Å²) in [6.45, 7) is 3.59. The fraction of sp³-hybridized carbons (Fsp3) is 0.469. The zero-order valence-electron chi connectivity index (χ0n) is 21.4. The number of aliphatic hydroxyl groups excluding tert-OH is 1. The molecule has 2 saturated carbocycles. The van der Waals surface area contributed by atoms with Crippen molar-refractivity contribution >= 4 is 0 Å². The van der Waals surface area contributed by atoms with Gasteiger partial charge in [0.25, 0.3) is 0 Å². The van der Waals surface area contributed by atoms with Gasteiger partial charge in [-0.05, 0) is 111 Å². The average Bonchev–Trinajstić information content (AvgIpc) is 3.16. The van der Waals surface area contributed by atoms with Crippen molar-refractivity contribution < 1.29 is 19.0 Å². The maximum absolute atomic E-state index is 14.8. The average molecular weight is 502 g/mol. The smallest absolute Gasteiger partial charge is 0.131 e. The topological polar surface area (TPSA) is 53.4 Å². The second-order valence-corrected chi connectivity index (χ2v) is 11.6. The number of hydrogen-bond donors (Lipinski definition) is 2. The lowest BCUT2D eigenvalue weighted by molar-refractivity contribution is -0.0514. The minimum Gasteiger partial charge on any atom is -0.389 e. The summed E-state index contributed by atoms with van der Waals surface area (Å²) >= 11 is 0. The molecule has 4 aliphatic rings. The molecule has 3 nitrogen and oxygen atoms in total. The molecule has 0 bridgehead atoms. The minimum absolute atomic E-state index is 0.0291. The normalized spacial score (nSPS) is 34.6. The van der Waals surface area contributed by atoms with E-state index in [0.717, 1.165) is 25.7 Å². The molecule has 1 heterocycles. The monoisotopic (exact) mass is 501 g/mol. The molecule has 2 aromatic rings. The van der Waals surface area contributed by atoms with Gasteiger partial charge < -0.3 is 10.2 Å². The van der Waals surface area contributed by atoms with Gasteiger partial charge >= 0.3 is 0 Å². The van der Waals surface area contributed by atoms with Crippen molar-refractivity contribution in [3.05, 3.63) is 87.8 Å². The highest BCUT2D eigenvalue weighted by molar-refractivity contribution is 5.50. The summed E-state index contributed by atoms with van der Waals surface area (Å²) < 4.78 is 29.7. The number of aliphatic hydroxyl groups is 2. The predicted octanol–water partition coefficient (Wildman–Crippen LogP) is 6.14. The van der Waals surface area contributed by atoms with Gasteiger partial charge in [-0.25, -0.2) is 13.8 Å². The number of aromatic nitrogens is 1. The number of allylic oxidation sites excluding steroid dienone is 3. The molecule has 0 radical (unpaired) electrons. The summed E-state index contributed by atoms with van der Waals surface area (Å²) in [5.41, 5.74) is 3.25. The lowest BCUT2D eigenvalue weighted by Crippen LogP contribution is -2.51. The highest BCUT2D eigenvalue weighted by atomic mass is 19.1. The lowest BCUT2D eigenvalue weighted by Gasteiger charge is -2.54. The SMILES string of the molecule is Cc1c(F)cc([C@H]2C[C@@]3(C)[C@@H](CC[C@@]3(O)C#Cc3ccccn3)[C@@H]3CCC4=CC(O)CCC4=C32)cc1F. The Morgan fingerprint density at radius 2 is 1.86 bits per heavy atom. The number of pyridine rings is 1. The van der Waals surface area contributed by atoms with Crippen LogP contribution in [0.2, 0.25) is 0 Å². The van der Waals surface area contributed by atoms with Gasteiger partial charge in [-0.15, -0.1) is 0 Å². The molecule has 1 unspecified atom stereocenters. The summed E-state index contributed by atoms with van der Waals surface area (Å²) in [7, 11) is 0. The summed E-state index contributed by atoms with van der Waals surface area (Å²) in [5, 5.41) is 22.4. The van der Waals surface area contributed by atoms with Gasteiger partial charge in [-0.1, -0.05) is 30.6 Å². The van der Waals surface area contributed by atoms with Gasteiger partial charge in [0, 0.05) is 23.1 Å². The molecule has 6 rings (SSSR count). The van der Waals surface area contributed by atoms with E-state index in [0.29, 0.717) is 30.5 Å². The summed E-state index contributed by atoms with van der Waals surface area (Å²) in [6.07, 6.45) is 8.47. The highest BCUT2D eigenvalue weighted by Gasteiger charge is 2.62. The van der Waals surface area contributed by atoms with Crippen LogP contribution < -0.4 is 0 Å². The molecular formula is C32H33F2NO2. The quantitative estimate of drug-likeness (QED) is 0.462. The molecule has 0 saturated heterocycles. The Kier molecular flexibility index (Phi) is 5.89. The Morgan fingerprint density at radius 1 is 1.08 bits per heavy atom. The fourth-order valence-electron chi connectivity index (χ4n) is 7.76. The molecule has 5 heteroatoms. The van der Waals surface area contributed by atoms with Crippen LogP contribution >= 0.6 is 0 Å². The predicted molar refractivity (Wildman–Crippen MR) is 138 cm³/mol. The number of nitrogens with zero attached hydrogens (tertiary/aromatic N) is 1. The number of hydrogen-bond acceptors (Lipinski definition) is 3. The largest absolute Gasteiger partial charge is 0.389 e. The molecule has 192 valence electrons. The molecular weight excluding hydrogens is 468 g/mol. The van der Waals surface area contributed by atoms with Crippen LogP contribution in [0.4, 0.5) is 8.78 Å². The number of halogens is 2. The van der Waals surface area contributed by atoms with Crippen molar-refractivity contribution in [2.75, 3.05) is 0 Å². The van der Waals surface area contributed by atoms with Crippen LogP contribution in [0.25, 0.3) is 0 Å². The van der Waals surface area contributed by atoms with Gasteiger partial charge in [0.15, 0.2) is 0 Å². The molecule has 4 aliphatic carbocycles. The summed E-state index contributed by atoms with van der Waals surface area (Å²) in [6, 6.07) is 8.52. The molecule has 37 heavy (non-hydrogen) atoms. The van der Waals surface area contributed by atoms with E-state index in [9.17, 15) is 19.0 Å². The van der Waals surface area contributed by atoms with Gasteiger partial charge in [-0.2, -0.15) is 0 Å². The molecule has 1 aromatic heterocycles. The van der Waals surface area contributed by atoms with Crippen molar-refractivity contribution in [1.29, 1.82) is 0 Å². The second-order valence-electron chi connectivity index (χ2n) is 11.6. The van der Waals surface area contributed by atoms with E-state index in [1.807, 2.05) is 24.3 Å². The Balaban J connectivity index is 1.50. The van der Waals surface area contributed by atoms with E-state index in [2.05, 4.69) is 23.7 Å². The van der Waals surface area contributed by atoms with E-state index in [4.69, 9.17) is 0 Å². The van der Waals surface area contributed by atoms with Crippen LogP contribution in [-0.2, 0) is 0 Å².